The van der Waals surface area contributed by atoms with Crippen LogP contribution in [0.5, 0.6) is 0 Å². The minimum Gasteiger partial charge on any atom is -0.356 e. The van der Waals surface area contributed by atoms with Crippen LogP contribution in [0.15, 0.2) is 18.3 Å². The molecule has 112 valence electrons. The summed E-state index contributed by atoms with van der Waals surface area (Å²) in [5, 5.41) is 0. The molecule has 1 aliphatic heterocycles. The SMILES string of the molecule is CCC(N)Cc1cccnc1N1CCCC(C)(C)CC1. The Kier molecular flexibility index (Phi) is 5.03. The van der Waals surface area contributed by atoms with Gasteiger partial charge in [-0.05, 0) is 49.1 Å². The average Bonchev–Trinajstić information content (AvgIpc) is 2.60. The van der Waals surface area contributed by atoms with Gasteiger partial charge in [-0.25, -0.2) is 4.98 Å². The Hall–Kier alpha value is -1.09. The number of rotatable bonds is 4. The molecule has 2 rings (SSSR count). The lowest BCUT2D eigenvalue weighted by molar-refractivity contribution is 0.325. The van der Waals surface area contributed by atoms with Crippen molar-refractivity contribution in [2.24, 2.45) is 11.1 Å². The van der Waals surface area contributed by atoms with E-state index in [4.69, 9.17) is 5.73 Å². The van der Waals surface area contributed by atoms with Crippen molar-refractivity contribution in [3.63, 3.8) is 0 Å². The summed E-state index contributed by atoms with van der Waals surface area (Å²) < 4.78 is 0. The molecule has 1 atom stereocenters. The zero-order valence-electron chi connectivity index (χ0n) is 13.2. The first-order chi connectivity index (χ1) is 9.52. The van der Waals surface area contributed by atoms with Gasteiger partial charge in [0.05, 0.1) is 0 Å². The van der Waals surface area contributed by atoms with E-state index in [9.17, 15) is 0 Å². The molecule has 20 heavy (non-hydrogen) atoms. The molecule has 3 nitrogen and oxygen atoms in total. The van der Waals surface area contributed by atoms with Crippen LogP contribution in [0.25, 0.3) is 0 Å². The zero-order valence-corrected chi connectivity index (χ0v) is 13.2. The predicted octanol–water partition coefficient (Wildman–Crippen LogP) is 3.38. The van der Waals surface area contributed by atoms with Crippen molar-refractivity contribution < 1.29 is 0 Å². The Bertz CT molecular complexity index is 428. The average molecular weight is 275 g/mol. The molecule has 0 bridgehead atoms. The normalized spacial score (nSPS) is 20.5. The van der Waals surface area contributed by atoms with Crippen molar-refractivity contribution in [2.45, 2.75) is 58.9 Å². The Morgan fingerprint density at radius 1 is 1.35 bits per heavy atom. The molecule has 0 spiro atoms. The number of aromatic nitrogens is 1. The van der Waals surface area contributed by atoms with Gasteiger partial charge in [-0.15, -0.1) is 0 Å². The fourth-order valence-electron chi connectivity index (χ4n) is 2.94. The van der Waals surface area contributed by atoms with Gasteiger partial charge in [-0.3, -0.25) is 0 Å². The van der Waals surface area contributed by atoms with Crippen LogP contribution in [0, 0.1) is 5.41 Å². The number of pyridine rings is 1. The summed E-state index contributed by atoms with van der Waals surface area (Å²) in [4.78, 5) is 7.11. The molecule has 0 aromatic carbocycles. The highest BCUT2D eigenvalue weighted by Gasteiger charge is 2.24. The van der Waals surface area contributed by atoms with Crippen LogP contribution in [0.2, 0.25) is 0 Å². The molecule has 2 N–H and O–H groups in total. The van der Waals surface area contributed by atoms with E-state index in [2.05, 4.69) is 36.7 Å². The molecule has 1 unspecified atom stereocenters. The third kappa shape index (κ3) is 3.95. The predicted molar refractivity (Wildman–Crippen MR) is 86.1 cm³/mol. The zero-order chi connectivity index (χ0) is 14.6. The van der Waals surface area contributed by atoms with Crippen LogP contribution in [0.4, 0.5) is 5.82 Å². The van der Waals surface area contributed by atoms with Gasteiger partial charge in [0.25, 0.3) is 0 Å². The molecule has 0 aliphatic carbocycles. The first kappa shape index (κ1) is 15.3. The number of hydrogen-bond donors (Lipinski definition) is 1. The highest BCUT2D eigenvalue weighted by molar-refractivity contribution is 5.47. The van der Waals surface area contributed by atoms with E-state index in [0.717, 1.165) is 31.7 Å². The smallest absolute Gasteiger partial charge is 0.131 e. The molecule has 1 saturated heterocycles. The first-order valence-corrected chi connectivity index (χ1v) is 7.96. The van der Waals surface area contributed by atoms with Crippen LogP contribution in [0.1, 0.15) is 52.0 Å². The van der Waals surface area contributed by atoms with Crippen molar-refractivity contribution in [2.75, 3.05) is 18.0 Å². The van der Waals surface area contributed by atoms with E-state index in [1.54, 1.807) is 0 Å². The van der Waals surface area contributed by atoms with Crippen LogP contribution >= 0.6 is 0 Å². The number of nitrogens with zero attached hydrogens (tertiary/aromatic N) is 2. The van der Waals surface area contributed by atoms with Gasteiger partial charge in [0.1, 0.15) is 5.82 Å². The monoisotopic (exact) mass is 275 g/mol. The van der Waals surface area contributed by atoms with E-state index in [0.29, 0.717) is 5.41 Å². The lowest BCUT2D eigenvalue weighted by Gasteiger charge is -2.26. The Balaban J connectivity index is 2.15. The molecule has 3 heteroatoms. The van der Waals surface area contributed by atoms with Crippen molar-refractivity contribution in [3.05, 3.63) is 23.9 Å². The maximum atomic E-state index is 6.13. The molecular formula is C17H29N3. The summed E-state index contributed by atoms with van der Waals surface area (Å²) >= 11 is 0. The summed E-state index contributed by atoms with van der Waals surface area (Å²) in [5.41, 5.74) is 7.90. The Morgan fingerprint density at radius 3 is 2.90 bits per heavy atom. The maximum absolute atomic E-state index is 6.13. The van der Waals surface area contributed by atoms with E-state index in [-0.39, 0.29) is 6.04 Å². The molecule has 1 aromatic rings. The van der Waals surface area contributed by atoms with Gasteiger partial charge in [-0.1, -0.05) is 26.8 Å². The van der Waals surface area contributed by atoms with E-state index in [1.807, 2.05) is 12.3 Å². The second kappa shape index (κ2) is 6.57. The molecule has 2 heterocycles. The summed E-state index contributed by atoms with van der Waals surface area (Å²) in [6.07, 6.45) is 7.65. The van der Waals surface area contributed by atoms with Crippen LogP contribution in [-0.4, -0.2) is 24.1 Å². The molecular weight excluding hydrogens is 246 g/mol. The lowest BCUT2D eigenvalue weighted by atomic mass is 9.85. The second-order valence-electron chi connectivity index (χ2n) is 6.86. The highest BCUT2D eigenvalue weighted by atomic mass is 15.2. The number of hydrogen-bond acceptors (Lipinski definition) is 3. The van der Waals surface area contributed by atoms with Crippen LogP contribution in [-0.2, 0) is 6.42 Å². The van der Waals surface area contributed by atoms with Crippen molar-refractivity contribution >= 4 is 5.82 Å². The van der Waals surface area contributed by atoms with Gasteiger partial charge >= 0.3 is 0 Å². The van der Waals surface area contributed by atoms with Gasteiger partial charge in [0, 0.05) is 25.3 Å². The Labute approximate surface area is 123 Å². The minimum atomic E-state index is 0.237. The third-order valence-corrected chi connectivity index (χ3v) is 4.51. The molecule has 1 aromatic heterocycles. The first-order valence-electron chi connectivity index (χ1n) is 7.96. The second-order valence-corrected chi connectivity index (χ2v) is 6.86. The largest absolute Gasteiger partial charge is 0.356 e. The van der Waals surface area contributed by atoms with Crippen molar-refractivity contribution in [3.8, 4) is 0 Å². The molecule has 1 fully saturated rings. The summed E-state index contributed by atoms with van der Waals surface area (Å²) in [5.74, 6) is 1.16. The Morgan fingerprint density at radius 2 is 2.15 bits per heavy atom. The summed E-state index contributed by atoms with van der Waals surface area (Å²) in [7, 11) is 0. The van der Waals surface area contributed by atoms with E-state index in [1.165, 1.54) is 24.8 Å². The highest BCUT2D eigenvalue weighted by Crippen LogP contribution is 2.32. The summed E-state index contributed by atoms with van der Waals surface area (Å²) in [6.45, 7) is 9.13. The molecule has 0 radical (unpaired) electrons. The topological polar surface area (TPSA) is 42.1 Å². The van der Waals surface area contributed by atoms with Crippen molar-refractivity contribution in [1.82, 2.24) is 4.98 Å². The van der Waals surface area contributed by atoms with Gasteiger partial charge < -0.3 is 10.6 Å². The number of nitrogens with two attached hydrogens (primary N) is 1. The fourth-order valence-corrected chi connectivity index (χ4v) is 2.94. The third-order valence-electron chi connectivity index (χ3n) is 4.51. The minimum absolute atomic E-state index is 0.237. The summed E-state index contributed by atoms with van der Waals surface area (Å²) in [6, 6.07) is 4.46. The lowest BCUT2D eigenvalue weighted by Crippen LogP contribution is -2.29. The van der Waals surface area contributed by atoms with Gasteiger partial charge in [-0.2, -0.15) is 0 Å². The molecule has 0 amide bonds. The molecule has 0 saturated carbocycles. The number of anilines is 1. The van der Waals surface area contributed by atoms with Crippen LogP contribution in [0.3, 0.4) is 0 Å². The standard InChI is InChI=1S/C17H29N3/c1-4-15(18)13-14-7-5-10-19-16(14)20-11-6-8-17(2,3)9-12-20/h5,7,10,15H,4,6,8-9,11-13,18H2,1-3H3. The quantitative estimate of drug-likeness (QED) is 0.916. The maximum Gasteiger partial charge on any atom is 0.131 e. The van der Waals surface area contributed by atoms with E-state index >= 15 is 0 Å². The fraction of sp³-hybridized carbons (Fsp3) is 0.706. The molecule has 1 aliphatic rings. The van der Waals surface area contributed by atoms with E-state index < -0.39 is 0 Å². The van der Waals surface area contributed by atoms with Gasteiger partial charge in [0.15, 0.2) is 0 Å². The van der Waals surface area contributed by atoms with Crippen LogP contribution < -0.4 is 10.6 Å². The van der Waals surface area contributed by atoms with Crippen molar-refractivity contribution in [1.29, 1.82) is 0 Å². The van der Waals surface area contributed by atoms with Gasteiger partial charge in [0.2, 0.25) is 0 Å².